The molecular formula is C10H13NO2. The van der Waals surface area contributed by atoms with Crippen molar-refractivity contribution in [3.63, 3.8) is 0 Å². The summed E-state index contributed by atoms with van der Waals surface area (Å²) in [6.07, 6.45) is 1.68. The minimum absolute atomic E-state index is 0.0581. The van der Waals surface area contributed by atoms with Crippen LogP contribution < -0.4 is 0 Å². The van der Waals surface area contributed by atoms with Gasteiger partial charge in [0.25, 0.3) is 0 Å². The predicted molar refractivity (Wildman–Crippen MR) is 48.7 cm³/mol. The highest BCUT2D eigenvalue weighted by Crippen LogP contribution is 2.55. The van der Waals surface area contributed by atoms with Crippen LogP contribution in [0.1, 0.15) is 20.8 Å². The van der Waals surface area contributed by atoms with Crippen LogP contribution in [0, 0.1) is 17.3 Å². The van der Waals surface area contributed by atoms with Gasteiger partial charge in [-0.05, 0) is 18.4 Å². The van der Waals surface area contributed by atoms with Crippen LogP contribution in [0.25, 0.3) is 0 Å². The topological polar surface area (TPSA) is 49.7 Å². The maximum absolute atomic E-state index is 11.6. The molecule has 0 spiro atoms. The third kappa shape index (κ3) is 0.794. The Balaban J connectivity index is 2.53. The quantitative estimate of drug-likeness (QED) is 0.453. The van der Waals surface area contributed by atoms with E-state index in [1.54, 1.807) is 6.08 Å². The molecule has 3 aliphatic carbocycles. The molecule has 1 fully saturated rings. The predicted octanol–water partition coefficient (Wildman–Crippen LogP) is 1.62. The van der Waals surface area contributed by atoms with E-state index in [-0.39, 0.29) is 23.0 Å². The molecule has 3 aliphatic rings. The van der Waals surface area contributed by atoms with Gasteiger partial charge in [0.05, 0.1) is 11.6 Å². The van der Waals surface area contributed by atoms with Gasteiger partial charge in [0.2, 0.25) is 0 Å². The van der Waals surface area contributed by atoms with E-state index in [9.17, 15) is 4.79 Å². The number of rotatable bonds is 0. The molecule has 0 unspecified atom stereocenters. The summed E-state index contributed by atoms with van der Waals surface area (Å²) in [5, 5.41) is 12.0. The Morgan fingerprint density at radius 2 is 2.08 bits per heavy atom. The first-order chi connectivity index (χ1) is 6.00. The zero-order valence-electron chi connectivity index (χ0n) is 8.03. The minimum atomic E-state index is -0.189. The molecule has 13 heavy (non-hydrogen) atoms. The van der Waals surface area contributed by atoms with Crippen molar-refractivity contribution in [2.75, 3.05) is 0 Å². The second kappa shape index (κ2) is 2.22. The van der Waals surface area contributed by atoms with Crippen molar-refractivity contribution >= 4 is 11.5 Å². The van der Waals surface area contributed by atoms with Gasteiger partial charge in [0.1, 0.15) is 0 Å². The SMILES string of the molecule is CC1=CC(=O)[C@H]2/C(=N/O)[C@H]1C2(C)C. The van der Waals surface area contributed by atoms with Crippen molar-refractivity contribution in [1.82, 2.24) is 0 Å². The van der Waals surface area contributed by atoms with Crippen molar-refractivity contribution in [2.24, 2.45) is 22.4 Å². The van der Waals surface area contributed by atoms with Gasteiger partial charge in [0.15, 0.2) is 5.78 Å². The Kier molecular flexibility index (Phi) is 1.45. The molecule has 0 aromatic heterocycles. The van der Waals surface area contributed by atoms with E-state index in [0.717, 1.165) is 5.57 Å². The van der Waals surface area contributed by atoms with Crippen LogP contribution in [-0.2, 0) is 4.79 Å². The maximum Gasteiger partial charge on any atom is 0.165 e. The lowest BCUT2D eigenvalue weighted by molar-refractivity contribution is -0.122. The van der Waals surface area contributed by atoms with Gasteiger partial charge in [-0.1, -0.05) is 24.6 Å². The van der Waals surface area contributed by atoms with Crippen LogP contribution in [0.15, 0.2) is 16.8 Å². The lowest BCUT2D eigenvalue weighted by Crippen LogP contribution is -2.60. The molecule has 0 aliphatic heterocycles. The van der Waals surface area contributed by atoms with Gasteiger partial charge < -0.3 is 5.21 Å². The van der Waals surface area contributed by atoms with Crippen LogP contribution in [0.2, 0.25) is 0 Å². The molecule has 3 rings (SSSR count). The number of nitrogens with zero attached hydrogens (tertiary/aromatic N) is 1. The molecule has 2 atom stereocenters. The summed E-state index contributed by atoms with van der Waals surface area (Å²) in [6.45, 7) is 6.02. The molecule has 3 nitrogen and oxygen atoms in total. The normalized spacial score (nSPS) is 38.5. The average Bonchev–Trinajstić information content (AvgIpc) is 1.98. The Morgan fingerprint density at radius 1 is 1.46 bits per heavy atom. The van der Waals surface area contributed by atoms with Gasteiger partial charge in [-0.3, -0.25) is 4.79 Å². The molecular weight excluding hydrogens is 166 g/mol. The third-order valence-corrected chi connectivity index (χ3v) is 3.30. The summed E-state index contributed by atoms with van der Waals surface area (Å²) in [7, 11) is 0. The number of oxime groups is 1. The Bertz CT molecular complexity index is 339. The fraction of sp³-hybridized carbons (Fsp3) is 0.600. The van der Waals surface area contributed by atoms with E-state index in [4.69, 9.17) is 5.21 Å². The highest BCUT2D eigenvalue weighted by molar-refractivity contribution is 6.19. The standard InChI is InChI=1S/C10H13NO2/c1-5-4-6(12)8-9(11-13)7(5)10(8,2)3/h4,7-8,13H,1-3H3/b11-9+/t7-,8-/m0/s1. The van der Waals surface area contributed by atoms with Gasteiger partial charge >= 0.3 is 0 Å². The summed E-state index contributed by atoms with van der Waals surface area (Å²) in [5.74, 6) is 0.0594. The first kappa shape index (κ1) is 8.48. The van der Waals surface area contributed by atoms with E-state index in [1.807, 2.05) is 20.8 Å². The molecule has 2 bridgehead atoms. The lowest BCUT2D eigenvalue weighted by atomic mass is 9.47. The number of hydrogen-bond donors (Lipinski definition) is 1. The van der Waals surface area contributed by atoms with Crippen LogP contribution in [0.3, 0.4) is 0 Å². The molecule has 3 heteroatoms. The van der Waals surface area contributed by atoms with E-state index in [0.29, 0.717) is 5.71 Å². The molecule has 0 amide bonds. The fourth-order valence-corrected chi connectivity index (χ4v) is 2.84. The molecule has 0 aromatic carbocycles. The summed E-state index contributed by atoms with van der Waals surface area (Å²) in [6, 6.07) is 0. The van der Waals surface area contributed by atoms with Crippen LogP contribution in [-0.4, -0.2) is 16.7 Å². The van der Waals surface area contributed by atoms with E-state index < -0.39 is 0 Å². The van der Waals surface area contributed by atoms with Crippen LogP contribution in [0.5, 0.6) is 0 Å². The summed E-state index contributed by atoms with van der Waals surface area (Å²) >= 11 is 0. The number of carbonyl (C=O) groups is 1. The van der Waals surface area contributed by atoms with E-state index in [2.05, 4.69) is 5.16 Å². The summed E-state index contributed by atoms with van der Waals surface area (Å²) < 4.78 is 0. The minimum Gasteiger partial charge on any atom is -0.411 e. The largest absolute Gasteiger partial charge is 0.411 e. The second-order valence-electron chi connectivity index (χ2n) is 4.50. The van der Waals surface area contributed by atoms with E-state index >= 15 is 0 Å². The van der Waals surface area contributed by atoms with Crippen LogP contribution in [0.4, 0.5) is 0 Å². The monoisotopic (exact) mass is 179 g/mol. The number of carbonyl (C=O) groups excluding carboxylic acids is 1. The summed E-state index contributed by atoms with van der Waals surface area (Å²) in [5.41, 5.74) is 1.61. The lowest BCUT2D eigenvalue weighted by Gasteiger charge is -2.54. The number of fused-ring (bicyclic) bond motifs is 1. The first-order valence-corrected chi connectivity index (χ1v) is 4.44. The van der Waals surface area contributed by atoms with Gasteiger partial charge in [-0.2, -0.15) is 0 Å². The first-order valence-electron chi connectivity index (χ1n) is 4.44. The number of allylic oxidation sites excluding steroid dienone is 2. The van der Waals surface area contributed by atoms with Crippen LogP contribution >= 0.6 is 0 Å². The van der Waals surface area contributed by atoms with Gasteiger partial charge in [-0.25, -0.2) is 0 Å². The van der Waals surface area contributed by atoms with Crippen molar-refractivity contribution < 1.29 is 10.0 Å². The van der Waals surface area contributed by atoms with Crippen molar-refractivity contribution in [3.8, 4) is 0 Å². The Labute approximate surface area is 77.1 Å². The number of hydrogen-bond acceptors (Lipinski definition) is 3. The average molecular weight is 179 g/mol. The molecule has 1 N–H and O–H groups in total. The van der Waals surface area contributed by atoms with Crippen molar-refractivity contribution in [3.05, 3.63) is 11.6 Å². The van der Waals surface area contributed by atoms with E-state index in [1.165, 1.54) is 0 Å². The van der Waals surface area contributed by atoms with Crippen molar-refractivity contribution in [2.45, 2.75) is 20.8 Å². The number of ketones is 1. The van der Waals surface area contributed by atoms with Crippen molar-refractivity contribution in [1.29, 1.82) is 0 Å². The molecule has 0 heterocycles. The van der Waals surface area contributed by atoms with Gasteiger partial charge in [0, 0.05) is 5.92 Å². The molecule has 0 aromatic rings. The molecule has 1 saturated carbocycles. The fourth-order valence-electron chi connectivity index (χ4n) is 2.84. The molecule has 70 valence electrons. The zero-order valence-corrected chi connectivity index (χ0v) is 8.03. The second-order valence-corrected chi connectivity index (χ2v) is 4.50. The zero-order chi connectivity index (χ0) is 9.80. The molecule has 0 radical (unpaired) electrons. The summed E-state index contributed by atoms with van der Waals surface area (Å²) in [4.78, 5) is 11.6. The van der Waals surface area contributed by atoms with Gasteiger partial charge in [-0.15, -0.1) is 0 Å². The smallest absolute Gasteiger partial charge is 0.165 e. The Morgan fingerprint density at radius 3 is 2.46 bits per heavy atom. The maximum atomic E-state index is 11.6. The molecule has 0 saturated heterocycles. The highest BCUT2D eigenvalue weighted by atomic mass is 16.4. The Hall–Kier alpha value is -1.12. The third-order valence-electron chi connectivity index (χ3n) is 3.30. The highest BCUT2D eigenvalue weighted by Gasteiger charge is 2.60.